The Morgan fingerprint density at radius 1 is 1.30 bits per heavy atom. The second-order valence-corrected chi connectivity index (χ2v) is 6.80. The van der Waals surface area contributed by atoms with Gasteiger partial charge in [0.25, 0.3) is 0 Å². The molecule has 0 radical (unpaired) electrons. The second-order valence-electron chi connectivity index (χ2n) is 6.80. The lowest BCUT2D eigenvalue weighted by Crippen LogP contribution is -2.52. The summed E-state index contributed by atoms with van der Waals surface area (Å²) >= 11 is 0. The molecule has 1 aliphatic rings. The first-order chi connectivity index (χ1) is 13.0. The Bertz CT molecular complexity index is 800. The van der Waals surface area contributed by atoms with E-state index in [1.807, 2.05) is 24.3 Å². The number of rotatable bonds is 6. The van der Waals surface area contributed by atoms with Crippen molar-refractivity contribution in [2.45, 2.75) is 38.6 Å². The molecule has 8 nitrogen and oxygen atoms in total. The van der Waals surface area contributed by atoms with E-state index >= 15 is 0 Å². The lowest BCUT2D eigenvalue weighted by Gasteiger charge is -2.32. The van der Waals surface area contributed by atoms with Crippen LogP contribution in [0, 0.1) is 0 Å². The lowest BCUT2D eigenvalue weighted by atomic mass is 10.0. The van der Waals surface area contributed by atoms with E-state index in [9.17, 15) is 14.7 Å². The molecule has 2 aromatic rings. The minimum atomic E-state index is -1.06. The van der Waals surface area contributed by atoms with Gasteiger partial charge in [-0.15, -0.1) is 0 Å². The van der Waals surface area contributed by atoms with Gasteiger partial charge in [0.2, 0.25) is 17.6 Å². The molecule has 1 atom stereocenters. The zero-order valence-corrected chi connectivity index (χ0v) is 15.4. The maximum absolute atomic E-state index is 12.4. The van der Waals surface area contributed by atoms with E-state index in [1.54, 1.807) is 0 Å². The molecule has 3 rings (SSSR count). The van der Waals surface area contributed by atoms with Crippen LogP contribution >= 0.6 is 0 Å². The maximum atomic E-state index is 12.4. The SMILES string of the molecule is CC(C)c1ccc(-c2noc(CCC(=O)N3CCOCC3C(=O)O)n2)cc1. The van der Waals surface area contributed by atoms with Gasteiger partial charge in [0, 0.05) is 24.9 Å². The average Bonchev–Trinajstić information content (AvgIpc) is 3.15. The summed E-state index contributed by atoms with van der Waals surface area (Å²) in [5, 5.41) is 13.2. The summed E-state index contributed by atoms with van der Waals surface area (Å²) in [6, 6.07) is 7.01. The van der Waals surface area contributed by atoms with Gasteiger partial charge in [-0.2, -0.15) is 4.98 Å². The van der Waals surface area contributed by atoms with E-state index in [1.165, 1.54) is 10.5 Å². The number of hydrogen-bond acceptors (Lipinski definition) is 6. The molecule has 1 aromatic heterocycles. The molecular formula is C19H23N3O5. The first-order valence-electron chi connectivity index (χ1n) is 8.98. The number of carboxylic acids is 1. The van der Waals surface area contributed by atoms with Crippen LogP contribution in [-0.2, 0) is 20.7 Å². The fourth-order valence-corrected chi connectivity index (χ4v) is 2.96. The maximum Gasteiger partial charge on any atom is 0.328 e. The van der Waals surface area contributed by atoms with Crippen LogP contribution in [0.15, 0.2) is 28.8 Å². The highest BCUT2D eigenvalue weighted by molar-refractivity contribution is 5.84. The fourth-order valence-electron chi connectivity index (χ4n) is 2.96. The van der Waals surface area contributed by atoms with Crippen molar-refractivity contribution in [3.63, 3.8) is 0 Å². The molecule has 2 heterocycles. The molecule has 1 saturated heterocycles. The molecule has 1 N–H and O–H groups in total. The van der Waals surface area contributed by atoms with Crippen molar-refractivity contribution in [3.8, 4) is 11.4 Å². The molecule has 144 valence electrons. The van der Waals surface area contributed by atoms with Gasteiger partial charge < -0.3 is 19.3 Å². The summed E-state index contributed by atoms with van der Waals surface area (Å²) in [5.41, 5.74) is 2.08. The molecule has 27 heavy (non-hydrogen) atoms. The number of aryl methyl sites for hydroxylation is 1. The van der Waals surface area contributed by atoms with Crippen LogP contribution in [0.1, 0.15) is 37.6 Å². The first-order valence-corrected chi connectivity index (χ1v) is 8.98. The minimum Gasteiger partial charge on any atom is -0.480 e. The van der Waals surface area contributed by atoms with Crippen LogP contribution in [0.3, 0.4) is 0 Å². The smallest absolute Gasteiger partial charge is 0.328 e. The third-order valence-electron chi connectivity index (χ3n) is 4.59. The molecule has 0 spiro atoms. The predicted octanol–water partition coefficient (Wildman–Crippen LogP) is 2.10. The van der Waals surface area contributed by atoms with Gasteiger partial charge in [-0.05, 0) is 11.5 Å². The summed E-state index contributed by atoms with van der Waals surface area (Å²) < 4.78 is 10.4. The number of benzene rings is 1. The van der Waals surface area contributed by atoms with Gasteiger partial charge in [0.15, 0.2) is 6.04 Å². The molecule has 0 saturated carbocycles. The quantitative estimate of drug-likeness (QED) is 0.826. The normalized spacial score (nSPS) is 17.3. The van der Waals surface area contributed by atoms with Gasteiger partial charge in [-0.1, -0.05) is 43.3 Å². The number of aliphatic carboxylic acids is 1. The number of carbonyl (C=O) groups is 2. The largest absolute Gasteiger partial charge is 0.480 e. The Labute approximate surface area is 157 Å². The van der Waals surface area contributed by atoms with Gasteiger partial charge in [-0.25, -0.2) is 4.79 Å². The van der Waals surface area contributed by atoms with Crippen molar-refractivity contribution in [1.29, 1.82) is 0 Å². The Hall–Kier alpha value is -2.74. The number of aromatic nitrogens is 2. The first kappa shape index (κ1) is 19.0. The predicted molar refractivity (Wildman–Crippen MR) is 96.1 cm³/mol. The highest BCUT2D eigenvalue weighted by Gasteiger charge is 2.32. The molecule has 1 aliphatic heterocycles. The number of nitrogens with zero attached hydrogens (tertiary/aromatic N) is 3. The Morgan fingerprint density at radius 2 is 2.04 bits per heavy atom. The Morgan fingerprint density at radius 3 is 2.70 bits per heavy atom. The van der Waals surface area contributed by atoms with E-state index in [2.05, 4.69) is 24.0 Å². The van der Waals surface area contributed by atoms with Gasteiger partial charge >= 0.3 is 5.97 Å². The van der Waals surface area contributed by atoms with Crippen LogP contribution in [0.5, 0.6) is 0 Å². The van der Waals surface area contributed by atoms with Crippen molar-refractivity contribution in [2.75, 3.05) is 19.8 Å². The number of carbonyl (C=O) groups excluding carboxylic acids is 1. The molecule has 1 fully saturated rings. The Balaban J connectivity index is 1.60. The van der Waals surface area contributed by atoms with Crippen LogP contribution in [0.25, 0.3) is 11.4 Å². The number of ether oxygens (including phenoxy) is 1. The van der Waals surface area contributed by atoms with Gasteiger partial charge in [0.1, 0.15) is 0 Å². The molecule has 1 unspecified atom stereocenters. The van der Waals surface area contributed by atoms with Crippen molar-refractivity contribution < 1.29 is 24.0 Å². The van der Waals surface area contributed by atoms with Gasteiger partial charge in [0.05, 0.1) is 13.2 Å². The van der Waals surface area contributed by atoms with E-state index in [-0.39, 0.29) is 31.9 Å². The molecular weight excluding hydrogens is 350 g/mol. The summed E-state index contributed by atoms with van der Waals surface area (Å²) in [7, 11) is 0. The summed E-state index contributed by atoms with van der Waals surface area (Å²) in [6.45, 7) is 4.88. The third-order valence-corrected chi connectivity index (χ3v) is 4.59. The number of morpholine rings is 1. The number of amides is 1. The minimum absolute atomic E-state index is 0.0121. The summed E-state index contributed by atoms with van der Waals surface area (Å²) in [6.07, 6.45) is 0.372. The molecule has 0 bridgehead atoms. The van der Waals surface area contributed by atoms with Crippen molar-refractivity contribution in [1.82, 2.24) is 15.0 Å². The van der Waals surface area contributed by atoms with E-state index in [4.69, 9.17) is 9.26 Å². The third kappa shape index (κ3) is 4.51. The Kier molecular flexibility index (Phi) is 5.85. The van der Waals surface area contributed by atoms with Gasteiger partial charge in [-0.3, -0.25) is 4.79 Å². The summed E-state index contributed by atoms with van der Waals surface area (Å²) in [4.78, 5) is 29.3. The topological polar surface area (TPSA) is 106 Å². The zero-order valence-electron chi connectivity index (χ0n) is 15.4. The number of carboxylic acid groups (broad SMARTS) is 1. The van der Waals surface area contributed by atoms with Crippen molar-refractivity contribution in [3.05, 3.63) is 35.7 Å². The monoisotopic (exact) mass is 373 g/mol. The molecule has 0 aliphatic carbocycles. The van der Waals surface area contributed by atoms with Crippen molar-refractivity contribution >= 4 is 11.9 Å². The van der Waals surface area contributed by atoms with Crippen LogP contribution in [0.2, 0.25) is 0 Å². The van der Waals surface area contributed by atoms with E-state index < -0.39 is 12.0 Å². The van der Waals surface area contributed by atoms with Crippen LogP contribution in [-0.4, -0.2) is 57.8 Å². The highest BCUT2D eigenvalue weighted by Crippen LogP contribution is 2.21. The second kappa shape index (κ2) is 8.30. The standard InChI is InChI=1S/C19H23N3O5/c1-12(2)13-3-5-14(6-4-13)18-20-16(27-21-18)7-8-17(23)22-9-10-26-11-15(22)19(24)25/h3-6,12,15H,7-11H2,1-2H3,(H,24,25). The highest BCUT2D eigenvalue weighted by atomic mass is 16.5. The van der Waals surface area contributed by atoms with E-state index in [0.717, 1.165) is 5.56 Å². The zero-order chi connectivity index (χ0) is 19.4. The van der Waals surface area contributed by atoms with Crippen LogP contribution in [0.4, 0.5) is 0 Å². The molecule has 8 heteroatoms. The molecule has 1 amide bonds. The molecule has 1 aromatic carbocycles. The lowest BCUT2D eigenvalue weighted by molar-refractivity contribution is -0.158. The fraction of sp³-hybridized carbons (Fsp3) is 0.474. The van der Waals surface area contributed by atoms with E-state index in [0.29, 0.717) is 24.2 Å². The summed E-state index contributed by atoms with van der Waals surface area (Å²) in [5.74, 6) is -0.0469. The number of hydrogen-bond donors (Lipinski definition) is 1. The average molecular weight is 373 g/mol. The van der Waals surface area contributed by atoms with Crippen molar-refractivity contribution in [2.24, 2.45) is 0 Å². The van der Waals surface area contributed by atoms with Crippen LogP contribution < -0.4 is 0 Å².